The van der Waals surface area contributed by atoms with Crippen LogP contribution in [-0.2, 0) is 0 Å². The van der Waals surface area contributed by atoms with Gasteiger partial charge in [0.25, 0.3) is 5.91 Å². The van der Waals surface area contributed by atoms with E-state index in [0.29, 0.717) is 29.9 Å². The highest BCUT2D eigenvalue weighted by atomic mass is 19.1. The topological polar surface area (TPSA) is 98.2 Å². The van der Waals surface area contributed by atoms with Gasteiger partial charge in [0, 0.05) is 49.3 Å². The van der Waals surface area contributed by atoms with Crippen LogP contribution < -0.4 is 20.3 Å². The highest BCUT2D eigenvalue weighted by Crippen LogP contribution is 2.43. The molecule has 4 aliphatic rings. The van der Waals surface area contributed by atoms with Crippen LogP contribution in [0, 0.1) is 23.5 Å². The van der Waals surface area contributed by atoms with Crippen LogP contribution in [0.25, 0.3) is 0 Å². The van der Waals surface area contributed by atoms with E-state index in [4.69, 9.17) is 14.7 Å². The van der Waals surface area contributed by atoms with E-state index in [-0.39, 0.29) is 18.3 Å². The Labute approximate surface area is 324 Å². The van der Waals surface area contributed by atoms with Crippen molar-refractivity contribution in [3.05, 3.63) is 126 Å². The molecule has 4 aromatic rings. The number of carbonyl (C=O) groups is 1. The molecule has 0 spiro atoms. The number of methoxy groups -OCH3 is 1. The second-order valence-corrected chi connectivity index (χ2v) is 14.7. The summed E-state index contributed by atoms with van der Waals surface area (Å²) in [5, 5.41) is 5.74. The molecular formula is C43H45F3N8O2. The molecule has 5 heterocycles. The number of para-hydroxylation sites is 1. The largest absolute Gasteiger partial charge is 0.494 e. The van der Waals surface area contributed by atoms with E-state index in [1.165, 1.54) is 6.07 Å². The molecule has 1 amide bonds. The van der Waals surface area contributed by atoms with Gasteiger partial charge in [-0.1, -0.05) is 24.3 Å². The van der Waals surface area contributed by atoms with Gasteiger partial charge in [0.2, 0.25) is 5.95 Å². The summed E-state index contributed by atoms with van der Waals surface area (Å²) in [6.07, 6.45) is 14.0. The zero-order valence-electron chi connectivity index (χ0n) is 31.3. The van der Waals surface area contributed by atoms with E-state index in [1.807, 2.05) is 47.5 Å². The Kier molecular flexibility index (Phi) is 11.0. The van der Waals surface area contributed by atoms with E-state index in [9.17, 15) is 18.0 Å². The van der Waals surface area contributed by atoms with Crippen LogP contribution in [-0.4, -0.2) is 78.0 Å². The number of benzene rings is 3. The molecular weight excluding hydrogens is 718 g/mol. The summed E-state index contributed by atoms with van der Waals surface area (Å²) in [7, 11) is 1.66. The third-order valence-corrected chi connectivity index (χ3v) is 11.4. The molecule has 2 fully saturated rings. The first-order valence-electron chi connectivity index (χ1n) is 19.3. The van der Waals surface area contributed by atoms with E-state index in [2.05, 4.69) is 37.6 Å². The lowest BCUT2D eigenvalue weighted by molar-refractivity contribution is 0.102. The van der Waals surface area contributed by atoms with Crippen LogP contribution in [0.4, 0.5) is 36.2 Å². The summed E-state index contributed by atoms with van der Waals surface area (Å²) in [5.41, 5.74) is 3.00. The quantitative estimate of drug-likeness (QED) is 0.158. The smallest absolute Gasteiger partial charge is 0.255 e. The number of halogens is 3. The van der Waals surface area contributed by atoms with E-state index in [1.54, 1.807) is 31.5 Å². The Morgan fingerprint density at radius 1 is 0.911 bits per heavy atom. The first kappa shape index (κ1) is 37.2. The Morgan fingerprint density at radius 3 is 2.41 bits per heavy atom. The molecule has 2 saturated heterocycles. The number of hydrogen-bond donors (Lipinski definition) is 2. The molecule has 8 rings (SSSR count). The number of allylic oxidation sites excluding steroid dienone is 2. The minimum Gasteiger partial charge on any atom is -0.494 e. The fourth-order valence-electron chi connectivity index (χ4n) is 8.48. The molecule has 2 unspecified atom stereocenters. The second-order valence-electron chi connectivity index (χ2n) is 14.7. The molecule has 4 aliphatic heterocycles. The summed E-state index contributed by atoms with van der Waals surface area (Å²) in [5.74, 6) is 0.877. The number of hydrogen-bond acceptors (Lipinski definition) is 9. The number of nitrogens with one attached hydrogen (secondary N) is 2. The maximum absolute atomic E-state index is 14.3. The number of amidine groups is 1. The Morgan fingerprint density at radius 2 is 1.66 bits per heavy atom. The molecule has 0 aliphatic carbocycles. The monoisotopic (exact) mass is 762 g/mol. The second kappa shape index (κ2) is 16.6. The maximum Gasteiger partial charge on any atom is 0.255 e. The molecule has 10 nitrogen and oxygen atoms in total. The number of carbonyl (C=O) groups excluding carboxylic acids is 1. The predicted molar refractivity (Wildman–Crippen MR) is 212 cm³/mol. The number of amides is 1. The molecule has 13 heteroatoms. The Balaban J connectivity index is 0.974. The molecule has 0 saturated carbocycles. The summed E-state index contributed by atoms with van der Waals surface area (Å²) in [6.45, 7) is 4.28. The van der Waals surface area contributed by atoms with Crippen molar-refractivity contribution in [2.45, 2.75) is 37.8 Å². The average molecular weight is 763 g/mol. The highest BCUT2D eigenvalue weighted by molar-refractivity contribution is 6.04. The van der Waals surface area contributed by atoms with Crippen LogP contribution in [0.3, 0.4) is 0 Å². The van der Waals surface area contributed by atoms with E-state index in [0.717, 1.165) is 92.7 Å². The van der Waals surface area contributed by atoms with Gasteiger partial charge in [0.05, 0.1) is 18.5 Å². The minimum absolute atomic E-state index is 0.233. The number of piperidine rings is 2. The fraction of sp³-hybridized carbons (Fsp3) is 0.349. The molecule has 2 atom stereocenters. The third-order valence-electron chi connectivity index (χ3n) is 11.4. The number of ether oxygens (including phenoxy) is 1. The van der Waals surface area contributed by atoms with Crippen LogP contribution in [0.1, 0.15) is 59.4 Å². The third kappa shape index (κ3) is 7.86. The van der Waals surface area contributed by atoms with Gasteiger partial charge >= 0.3 is 0 Å². The first-order chi connectivity index (χ1) is 27.4. The lowest BCUT2D eigenvalue weighted by atomic mass is 9.78. The molecule has 290 valence electrons. The summed E-state index contributed by atoms with van der Waals surface area (Å²) in [6, 6.07) is 17.5. The molecule has 0 radical (unpaired) electrons. The Hall–Kier alpha value is -5.69. The molecule has 0 bridgehead atoms. The number of fused-ring (bicyclic) bond motifs is 1. The van der Waals surface area contributed by atoms with Gasteiger partial charge in [0.15, 0.2) is 0 Å². The van der Waals surface area contributed by atoms with Crippen molar-refractivity contribution < 1.29 is 22.7 Å². The molecule has 1 aromatic heterocycles. The van der Waals surface area contributed by atoms with Crippen LogP contribution >= 0.6 is 0 Å². The average Bonchev–Trinajstić information content (AvgIpc) is 3.63. The number of alkyl halides is 1. The van der Waals surface area contributed by atoms with E-state index < -0.39 is 29.3 Å². The summed E-state index contributed by atoms with van der Waals surface area (Å²) in [4.78, 5) is 34.4. The first-order valence-corrected chi connectivity index (χ1v) is 19.3. The molecule has 56 heavy (non-hydrogen) atoms. The van der Waals surface area contributed by atoms with Gasteiger partial charge in [-0.25, -0.2) is 23.1 Å². The molecule has 3 aromatic carbocycles. The van der Waals surface area contributed by atoms with Crippen molar-refractivity contribution >= 4 is 34.8 Å². The Bertz CT molecular complexity index is 2120. The highest BCUT2D eigenvalue weighted by Gasteiger charge is 2.38. The van der Waals surface area contributed by atoms with Gasteiger partial charge in [0.1, 0.15) is 47.7 Å². The number of aromatic nitrogens is 2. The van der Waals surface area contributed by atoms with Crippen LogP contribution in [0.2, 0.25) is 0 Å². The summed E-state index contributed by atoms with van der Waals surface area (Å²) >= 11 is 0. The standard InChI is InChI=1S/C43H45F3N8O2/c1-56-37-27-32(53-23-16-29(17-24-53)28-14-21-52(22-15-28)25-18-44)11-12-35(37)48-43-47-19-13-36(49-43)41-39(50-38-10-2-3-20-54(38)41)30-6-4-7-31(26-30)42(55)51-40-33(45)8-5-9-34(40)46/h2-13,19-20,26-29,39,41H,14-18,21-25H2,1H3,(H,51,55)(H,47,48,49). The van der Waals surface area contributed by atoms with Gasteiger partial charge in [-0.2, -0.15) is 0 Å². The van der Waals surface area contributed by atoms with Gasteiger partial charge < -0.3 is 30.1 Å². The number of nitrogens with zero attached hydrogens (tertiary/aromatic N) is 6. The number of anilines is 4. The zero-order valence-corrected chi connectivity index (χ0v) is 31.3. The lowest BCUT2D eigenvalue weighted by Crippen LogP contribution is -2.41. The van der Waals surface area contributed by atoms with E-state index >= 15 is 0 Å². The van der Waals surface area contributed by atoms with Crippen molar-refractivity contribution in [1.29, 1.82) is 0 Å². The van der Waals surface area contributed by atoms with Crippen molar-refractivity contribution in [1.82, 2.24) is 19.8 Å². The maximum atomic E-state index is 14.3. The zero-order chi connectivity index (χ0) is 38.6. The van der Waals surface area contributed by atoms with Crippen molar-refractivity contribution in [2.24, 2.45) is 16.8 Å². The molecule has 2 N–H and O–H groups in total. The van der Waals surface area contributed by atoms with Gasteiger partial charge in [-0.05, 0) is 111 Å². The SMILES string of the molecule is COc1cc(N2CCC(C3CCN(CCF)CC3)CC2)ccc1Nc1nccc(C2C(c3cccc(C(=O)Nc4c(F)cccc4F)c3)N=C3C=CC=CN32)n1. The van der Waals surface area contributed by atoms with Crippen LogP contribution in [0.15, 0.2) is 102 Å². The fourth-order valence-corrected chi connectivity index (χ4v) is 8.48. The summed E-state index contributed by atoms with van der Waals surface area (Å²) < 4.78 is 47.3. The number of likely N-dealkylation sites (tertiary alicyclic amines) is 1. The van der Waals surface area contributed by atoms with Crippen molar-refractivity contribution in [2.75, 3.05) is 62.0 Å². The van der Waals surface area contributed by atoms with Crippen LogP contribution in [0.5, 0.6) is 5.75 Å². The van der Waals surface area contributed by atoms with Gasteiger partial charge in [-0.15, -0.1) is 0 Å². The predicted octanol–water partition coefficient (Wildman–Crippen LogP) is 8.24. The van der Waals surface area contributed by atoms with Crippen molar-refractivity contribution in [3.8, 4) is 5.75 Å². The van der Waals surface area contributed by atoms with Crippen molar-refractivity contribution in [3.63, 3.8) is 0 Å². The number of aliphatic imine (C=N–C) groups is 1. The number of rotatable bonds is 11. The normalized spacial score (nSPS) is 20.2. The lowest BCUT2D eigenvalue weighted by Gasteiger charge is -2.40. The van der Waals surface area contributed by atoms with Gasteiger partial charge in [-0.3, -0.25) is 9.79 Å². The minimum atomic E-state index is -0.857.